The van der Waals surface area contributed by atoms with Gasteiger partial charge in [0.25, 0.3) is 0 Å². The molecular formula is C15H32N2. The van der Waals surface area contributed by atoms with Gasteiger partial charge in [0.05, 0.1) is 0 Å². The molecule has 1 aliphatic rings. The Bertz CT molecular complexity index is 182. The summed E-state index contributed by atoms with van der Waals surface area (Å²) < 4.78 is 0. The summed E-state index contributed by atoms with van der Waals surface area (Å²) in [4.78, 5) is 2.62. The zero-order valence-corrected chi connectivity index (χ0v) is 12.2. The molecule has 1 fully saturated rings. The molecule has 0 aromatic heterocycles. The third kappa shape index (κ3) is 6.42. The van der Waals surface area contributed by atoms with Crippen LogP contribution < -0.4 is 5.32 Å². The SMILES string of the molecule is CCCCCC(C)NCCN1CCC(CC)C1. The lowest BCUT2D eigenvalue weighted by molar-refractivity contribution is 0.312. The van der Waals surface area contributed by atoms with Crippen LogP contribution in [0.2, 0.25) is 0 Å². The number of hydrogen-bond acceptors (Lipinski definition) is 2. The second-order valence-electron chi connectivity index (χ2n) is 5.71. The van der Waals surface area contributed by atoms with Crippen molar-refractivity contribution in [3.63, 3.8) is 0 Å². The van der Waals surface area contributed by atoms with Gasteiger partial charge in [0.15, 0.2) is 0 Å². The average molecular weight is 240 g/mol. The predicted molar refractivity (Wildman–Crippen MR) is 76.4 cm³/mol. The maximum atomic E-state index is 3.66. The lowest BCUT2D eigenvalue weighted by Crippen LogP contribution is -2.35. The van der Waals surface area contributed by atoms with Gasteiger partial charge in [-0.3, -0.25) is 0 Å². The van der Waals surface area contributed by atoms with Gasteiger partial charge in [0.1, 0.15) is 0 Å². The van der Waals surface area contributed by atoms with Gasteiger partial charge in [-0.15, -0.1) is 0 Å². The second kappa shape index (κ2) is 8.93. The van der Waals surface area contributed by atoms with Gasteiger partial charge < -0.3 is 10.2 Å². The molecule has 1 N–H and O–H groups in total. The molecule has 0 aromatic carbocycles. The maximum absolute atomic E-state index is 3.66. The molecule has 2 heteroatoms. The summed E-state index contributed by atoms with van der Waals surface area (Å²) >= 11 is 0. The number of hydrogen-bond donors (Lipinski definition) is 1. The van der Waals surface area contributed by atoms with Crippen LogP contribution in [0.3, 0.4) is 0 Å². The topological polar surface area (TPSA) is 15.3 Å². The summed E-state index contributed by atoms with van der Waals surface area (Å²) in [5.74, 6) is 0.969. The van der Waals surface area contributed by atoms with Gasteiger partial charge in [-0.05, 0) is 32.2 Å². The Balaban J connectivity index is 1.96. The third-order valence-electron chi connectivity index (χ3n) is 4.11. The lowest BCUT2D eigenvalue weighted by atomic mass is 10.1. The molecule has 2 atom stereocenters. The number of unbranched alkanes of at least 4 members (excludes halogenated alkanes) is 2. The van der Waals surface area contributed by atoms with Crippen molar-refractivity contribution in [1.29, 1.82) is 0 Å². The highest BCUT2D eigenvalue weighted by Crippen LogP contribution is 2.18. The highest BCUT2D eigenvalue weighted by atomic mass is 15.2. The Kier molecular flexibility index (Phi) is 7.87. The van der Waals surface area contributed by atoms with E-state index in [1.165, 1.54) is 64.7 Å². The summed E-state index contributed by atoms with van der Waals surface area (Å²) in [5, 5.41) is 3.66. The van der Waals surface area contributed by atoms with Crippen molar-refractivity contribution < 1.29 is 0 Å². The molecule has 1 aliphatic heterocycles. The summed E-state index contributed by atoms with van der Waals surface area (Å²) in [5.41, 5.74) is 0. The minimum absolute atomic E-state index is 0.700. The van der Waals surface area contributed by atoms with E-state index in [9.17, 15) is 0 Å². The first-order valence-corrected chi connectivity index (χ1v) is 7.72. The van der Waals surface area contributed by atoms with Crippen LogP contribution in [0, 0.1) is 5.92 Å². The number of nitrogens with one attached hydrogen (secondary N) is 1. The molecule has 0 aliphatic carbocycles. The summed E-state index contributed by atoms with van der Waals surface area (Å²) in [6.45, 7) is 12.0. The van der Waals surface area contributed by atoms with Crippen LogP contribution in [-0.2, 0) is 0 Å². The van der Waals surface area contributed by atoms with Crippen molar-refractivity contribution in [1.82, 2.24) is 10.2 Å². The molecule has 17 heavy (non-hydrogen) atoms. The zero-order chi connectivity index (χ0) is 12.5. The largest absolute Gasteiger partial charge is 0.313 e. The Morgan fingerprint density at radius 3 is 2.76 bits per heavy atom. The van der Waals surface area contributed by atoms with Crippen LogP contribution in [0.25, 0.3) is 0 Å². The van der Waals surface area contributed by atoms with Gasteiger partial charge in [-0.1, -0.05) is 39.5 Å². The fourth-order valence-electron chi connectivity index (χ4n) is 2.72. The molecule has 0 saturated carbocycles. The van der Waals surface area contributed by atoms with Crippen LogP contribution in [-0.4, -0.2) is 37.1 Å². The fraction of sp³-hybridized carbons (Fsp3) is 1.00. The molecule has 0 bridgehead atoms. The van der Waals surface area contributed by atoms with Gasteiger partial charge in [-0.2, -0.15) is 0 Å². The van der Waals surface area contributed by atoms with E-state index in [-0.39, 0.29) is 0 Å². The first kappa shape index (κ1) is 15.0. The van der Waals surface area contributed by atoms with E-state index in [1.54, 1.807) is 0 Å². The van der Waals surface area contributed by atoms with Crippen molar-refractivity contribution in [2.45, 2.75) is 65.3 Å². The van der Waals surface area contributed by atoms with Crippen molar-refractivity contribution in [2.75, 3.05) is 26.2 Å². The molecule has 2 nitrogen and oxygen atoms in total. The molecule has 0 aromatic rings. The molecule has 0 spiro atoms. The van der Waals surface area contributed by atoms with Crippen LogP contribution >= 0.6 is 0 Å². The highest BCUT2D eigenvalue weighted by molar-refractivity contribution is 4.75. The highest BCUT2D eigenvalue weighted by Gasteiger charge is 2.19. The second-order valence-corrected chi connectivity index (χ2v) is 5.71. The fourth-order valence-corrected chi connectivity index (χ4v) is 2.72. The Hall–Kier alpha value is -0.0800. The first-order valence-electron chi connectivity index (χ1n) is 7.72. The standard InChI is InChI=1S/C15H32N2/c1-4-6-7-8-14(3)16-10-12-17-11-9-15(5-2)13-17/h14-16H,4-13H2,1-3H3. The average Bonchev–Trinajstić information content (AvgIpc) is 2.77. The van der Waals surface area contributed by atoms with E-state index in [4.69, 9.17) is 0 Å². The van der Waals surface area contributed by atoms with Crippen LogP contribution in [0.5, 0.6) is 0 Å². The van der Waals surface area contributed by atoms with Gasteiger partial charge in [0.2, 0.25) is 0 Å². The van der Waals surface area contributed by atoms with E-state index < -0.39 is 0 Å². The third-order valence-corrected chi connectivity index (χ3v) is 4.11. The van der Waals surface area contributed by atoms with Gasteiger partial charge in [-0.25, -0.2) is 0 Å². The quantitative estimate of drug-likeness (QED) is 0.622. The maximum Gasteiger partial charge on any atom is 0.0107 e. The molecule has 0 amide bonds. The molecule has 102 valence electrons. The molecule has 2 unspecified atom stereocenters. The lowest BCUT2D eigenvalue weighted by Gasteiger charge is -2.18. The Morgan fingerprint density at radius 2 is 2.12 bits per heavy atom. The van der Waals surface area contributed by atoms with E-state index in [1.807, 2.05) is 0 Å². The summed E-state index contributed by atoms with van der Waals surface area (Å²) in [6, 6.07) is 0.700. The minimum atomic E-state index is 0.700. The Labute approximate surface area is 108 Å². The monoisotopic (exact) mass is 240 g/mol. The van der Waals surface area contributed by atoms with Crippen molar-refractivity contribution in [2.24, 2.45) is 5.92 Å². The zero-order valence-electron chi connectivity index (χ0n) is 12.2. The molecule has 1 rings (SSSR count). The minimum Gasteiger partial charge on any atom is -0.313 e. The van der Waals surface area contributed by atoms with Crippen LogP contribution in [0.1, 0.15) is 59.3 Å². The van der Waals surface area contributed by atoms with Crippen molar-refractivity contribution in [3.8, 4) is 0 Å². The van der Waals surface area contributed by atoms with Gasteiger partial charge in [0, 0.05) is 25.7 Å². The van der Waals surface area contributed by atoms with Crippen LogP contribution in [0.4, 0.5) is 0 Å². The summed E-state index contributed by atoms with van der Waals surface area (Å²) in [7, 11) is 0. The molecule has 0 radical (unpaired) electrons. The molecule has 1 heterocycles. The number of likely N-dealkylation sites (tertiary alicyclic amines) is 1. The van der Waals surface area contributed by atoms with Crippen molar-refractivity contribution in [3.05, 3.63) is 0 Å². The Morgan fingerprint density at radius 1 is 1.29 bits per heavy atom. The van der Waals surface area contributed by atoms with E-state index >= 15 is 0 Å². The van der Waals surface area contributed by atoms with E-state index in [2.05, 4.69) is 31.0 Å². The van der Waals surface area contributed by atoms with E-state index in [0.717, 1.165) is 5.92 Å². The molecular weight excluding hydrogens is 208 g/mol. The van der Waals surface area contributed by atoms with Crippen LogP contribution in [0.15, 0.2) is 0 Å². The summed E-state index contributed by atoms with van der Waals surface area (Å²) in [6.07, 6.45) is 8.22. The molecule has 1 saturated heterocycles. The first-order chi connectivity index (χ1) is 8.26. The smallest absolute Gasteiger partial charge is 0.0107 e. The number of nitrogens with zero attached hydrogens (tertiary/aromatic N) is 1. The van der Waals surface area contributed by atoms with Crippen molar-refractivity contribution >= 4 is 0 Å². The normalized spacial score (nSPS) is 23.1. The van der Waals surface area contributed by atoms with E-state index in [0.29, 0.717) is 6.04 Å². The van der Waals surface area contributed by atoms with Gasteiger partial charge >= 0.3 is 0 Å². The predicted octanol–water partition coefficient (Wildman–Crippen LogP) is 3.28. The number of rotatable bonds is 9.